The number of hydrogen-bond acceptors (Lipinski definition) is 4. The van der Waals surface area contributed by atoms with Crippen molar-refractivity contribution in [3.63, 3.8) is 0 Å². The molecule has 4 rings (SSSR count). The molecule has 0 unspecified atom stereocenters. The van der Waals surface area contributed by atoms with Gasteiger partial charge in [-0.1, -0.05) is 12.1 Å². The first-order chi connectivity index (χ1) is 13.1. The van der Waals surface area contributed by atoms with Crippen LogP contribution in [0.2, 0.25) is 0 Å². The van der Waals surface area contributed by atoms with E-state index >= 15 is 0 Å². The molecule has 2 aromatic carbocycles. The molecule has 140 valence electrons. The highest BCUT2D eigenvalue weighted by Crippen LogP contribution is 2.29. The van der Waals surface area contributed by atoms with Gasteiger partial charge in [-0.25, -0.2) is 0 Å². The van der Waals surface area contributed by atoms with Crippen LogP contribution in [0, 0.1) is 0 Å². The zero-order chi connectivity index (χ0) is 18.8. The Kier molecular flexibility index (Phi) is 4.86. The quantitative estimate of drug-likeness (QED) is 0.718. The molecule has 0 saturated heterocycles. The van der Waals surface area contributed by atoms with Gasteiger partial charge >= 0.3 is 0 Å². The van der Waals surface area contributed by atoms with Crippen molar-refractivity contribution in [1.29, 1.82) is 0 Å². The fraction of sp³-hybridized carbons (Fsp3) is 0.318. The first-order valence-electron chi connectivity index (χ1n) is 9.33. The van der Waals surface area contributed by atoms with Gasteiger partial charge in [0, 0.05) is 42.8 Å². The summed E-state index contributed by atoms with van der Waals surface area (Å²) in [7, 11) is 3.87. The summed E-state index contributed by atoms with van der Waals surface area (Å²) in [4.78, 5) is 2.34. The second-order valence-corrected chi connectivity index (χ2v) is 7.30. The maximum Gasteiger partial charge on any atom is 0.123 e. The van der Waals surface area contributed by atoms with Crippen LogP contribution in [0.4, 0.5) is 5.69 Å². The van der Waals surface area contributed by atoms with Crippen LogP contribution >= 0.6 is 0 Å². The van der Waals surface area contributed by atoms with E-state index in [2.05, 4.69) is 59.6 Å². The van der Waals surface area contributed by atoms with Crippen molar-refractivity contribution in [3.8, 4) is 5.75 Å². The Bertz CT molecular complexity index is 920. The van der Waals surface area contributed by atoms with Crippen LogP contribution in [-0.4, -0.2) is 28.8 Å². The maximum atomic E-state index is 5.54. The highest BCUT2D eigenvalue weighted by atomic mass is 16.5. The van der Waals surface area contributed by atoms with Crippen LogP contribution in [0.25, 0.3) is 0 Å². The molecular weight excluding hydrogens is 336 g/mol. The standard InChI is InChI=1S/C22H26N4O/c1-16(24-21-7-5-18-13-25(2)14-19(18)12-21)17-6-8-22(27-3)20(11-17)15-26-10-4-9-23-26/h4-12,16,24H,13-15H2,1-3H3/t16-/m0/s1. The topological polar surface area (TPSA) is 42.3 Å². The van der Waals surface area contributed by atoms with Gasteiger partial charge in [0.2, 0.25) is 0 Å². The smallest absolute Gasteiger partial charge is 0.123 e. The van der Waals surface area contributed by atoms with Crippen LogP contribution in [-0.2, 0) is 19.6 Å². The van der Waals surface area contributed by atoms with Crippen LogP contribution in [0.15, 0.2) is 54.9 Å². The second kappa shape index (κ2) is 7.45. The largest absolute Gasteiger partial charge is 0.496 e. The summed E-state index contributed by atoms with van der Waals surface area (Å²) in [6, 6.07) is 15.2. The first kappa shape index (κ1) is 17.6. The second-order valence-electron chi connectivity index (χ2n) is 7.30. The Morgan fingerprint density at radius 1 is 1.15 bits per heavy atom. The molecule has 1 aliphatic rings. The van der Waals surface area contributed by atoms with Crippen molar-refractivity contribution in [2.75, 3.05) is 19.5 Å². The van der Waals surface area contributed by atoms with Crippen LogP contribution in [0.1, 0.15) is 35.2 Å². The molecule has 27 heavy (non-hydrogen) atoms. The molecule has 1 aliphatic heterocycles. The summed E-state index contributed by atoms with van der Waals surface area (Å²) in [5, 5.41) is 7.95. The molecule has 0 amide bonds. The summed E-state index contributed by atoms with van der Waals surface area (Å²) in [6.45, 7) is 4.96. The average Bonchev–Trinajstić information content (AvgIpc) is 3.29. The highest BCUT2D eigenvalue weighted by Gasteiger charge is 2.16. The number of rotatable bonds is 6. The van der Waals surface area contributed by atoms with Crippen molar-refractivity contribution in [1.82, 2.24) is 14.7 Å². The Morgan fingerprint density at radius 3 is 2.78 bits per heavy atom. The van der Waals surface area contributed by atoms with Gasteiger partial charge in [-0.2, -0.15) is 5.10 Å². The maximum absolute atomic E-state index is 5.54. The Labute approximate surface area is 160 Å². The normalized spacial score (nSPS) is 14.8. The minimum Gasteiger partial charge on any atom is -0.496 e. The lowest BCUT2D eigenvalue weighted by Gasteiger charge is -2.19. The fourth-order valence-electron chi connectivity index (χ4n) is 3.75. The zero-order valence-electron chi connectivity index (χ0n) is 16.1. The summed E-state index contributed by atoms with van der Waals surface area (Å²) in [6.07, 6.45) is 3.77. The van der Waals surface area contributed by atoms with Gasteiger partial charge in [0.25, 0.3) is 0 Å². The van der Waals surface area contributed by atoms with E-state index in [0.717, 1.165) is 24.4 Å². The number of nitrogens with zero attached hydrogens (tertiary/aromatic N) is 3. The molecule has 0 radical (unpaired) electrons. The molecule has 0 fully saturated rings. The minimum atomic E-state index is 0.199. The number of nitrogens with one attached hydrogen (secondary N) is 1. The van der Waals surface area contributed by atoms with Crippen LogP contribution in [0.5, 0.6) is 5.75 Å². The van der Waals surface area contributed by atoms with Gasteiger partial charge in [-0.3, -0.25) is 9.58 Å². The van der Waals surface area contributed by atoms with Gasteiger partial charge in [-0.15, -0.1) is 0 Å². The number of fused-ring (bicyclic) bond motifs is 1. The molecule has 5 nitrogen and oxygen atoms in total. The monoisotopic (exact) mass is 362 g/mol. The highest BCUT2D eigenvalue weighted by molar-refractivity contribution is 5.52. The number of ether oxygens (including phenoxy) is 1. The SMILES string of the molecule is COc1ccc([C@H](C)Nc2ccc3c(c2)CN(C)C3)cc1Cn1cccn1. The van der Waals surface area contributed by atoms with Gasteiger partial charge in [0.1, 0.15) is 5.75 Å². The van der Waals surface area contributed by atoms with Crippen molar-refractivity contribution >= 4 is 5.69 Å². The van der Waals surface area contributed by atoms with E-state index < -0.39 is 0 Å². The van der Waals surface area contributed by atoms with E-state index in [0.29, 0.717) is 6.54 Å². The van der Waals surface area contributed by atoms with Crippen molar-refractivity contribution in [3.05, 3.63) is 77.1 Å². The molecule has 0 bridgehead atoms. The van der Waals surface area contributed by atoms with Gasteiger partial charge in [0.15, 0.2) is 0 Å². The molecule has 0 aliphatic carbocycles. The zero-order valence-corrected chi connectivity index (χ0v) is 16.1. The van der Waals surface area contributed by atoms with E-state index in [1.807, 2.05) is 23.0 Å². The third-order valence-corrected chi connectivity index (χ3v) is 5.17. The van der Waals surface area contributed by atoms with Gasteiger partial charge in [-0.05, 0) is 61.0 Å². The lowest BCUT2D eigenvalue weighted by atomic mass is 10.0. The fourth-order valence-corrected chi connectivity index (χ4v) is 3.75. The lowest BCUT2D eigenvalue weighted by molar-refractivity contribution is 0.353. The molecule has 0 saturated carbocycles. The first-order valence-corrected chi connectivity index (χ1v) is 9.33. The van der Waals surface area contributed by atoms with Crippen molar-refractivity contribution in [2.24, 2.45) is 0 Å². The Morgan fingerprint density at radius 2 is 2.00 bits per heavy atom. The van der Waals surface area contributed by atoms with Gasteiger partial charge in [0.05, 0.1) is 13.7 Å². The molecule has 3 aromatic rings. The Balaban J connectivity index is 1.53. The summed E-state index contributed by atoms with van der Waals surface area (Å²) in [5.74, 6) is 0.891. The van der Waals surface area contributed by atoms with E-state index in [-0.39, 0.29) is 6.04 Å². The Hall–Kier alpha value is -2.79. The summed E-state index contributed by atoms with van der Waals surface area (Å²) < 4.78 is 7.45. The number of aromatic nitrogens is 2. The predicted octanol–water partition coefficient (Wildman–Crippen LogP) is 4.06. The molecular formula is C22H26N4O. The van der Waals surface area contributed by atoms with E-state index in [9.17, 15) is 0 Å². The third-order valence-electron chi connectivity index (χ3n) is 5.17. The van der Waals surface area contributed by atoms with E-state index in [1.165, 1.54) is 22.4 Å². The number of anilines is 1. The van der Waals surface area contributed by atoms with E-state index in [4.69, 9.17) is 4.74 Å². The average molecular weight is 362 g/mol. The number of benzene rings is 2. The molecule has 5 heteroatoms. The number of hydrogen-bond donors (Lipinski definition) is 1. The molecule has 0 spiro atoms. The molecule has 2 heterocycles. The van der Waals surface area contributed by atoms with Crippen molar-refractivity contribution in [2.45, 2.75) is 32.6 Å². The summed E-state index contributed by atoms with van der Waals surface area (Å²) >= 11 is 0. The number of methoxy groups -OCH3 is 1. The minimum absolute atomic E-state index is 0.199. The van der Waals surface area contributed by atoms with Crippen LogP contribution < -0.4 is 10.1 Å². The molecule has 1 aromatic heterocycles. The van der Waals surface area contributed by atoms with Crippen molar-refractivity contribution < 1.29 is 4.74 Å². The lowest BCUT2D eigenvalue weighted by Crippen LogP contribution is -2.09. The molecule has 1 atom stereocenters. The van der Waals surface area contributed by atoms with Gasteiger partial charge < -0.3 is 10.1 Å². The summed E-state index contributed by atoms with van der Waals surface area (Å²) in [5.41, 5.74) is 6.38. The third kappa shape index (κ3) is 3.83. The predicted molar refractivity (Wildman–Crippen MR) is 108 cm³/mol. The van der Waals surface area contributed by atoms with E-state index in [1.54, 1.807) is 13.3 Å². The van der Waals surface area contributed by atoms with Crippen LogP contribution in [0.3, 0.4) is 0 Å². The molecule has 1 N–H and O–H groups in total.